The molecule has 33 heavy (non-hydrogen) atoms. The second kappa shape index (κ2) is 9.62. The molecule has 1 aliphatic carbocycles. The molecule has 0 unspecified atom stereocenters. The van der Waals surface area contributed by atoms with Crippen LogP contribution in [-0.4, -0.2) is 77.1 Å². The Balaban J connectivity index is 1.72. The Kier molecular flexibility index (Phi) is 6.82. The van der Waals surface area contributed by atoms with E-state index in [-0.39, 0.29) is 11.8 Å². The summed E-state index contributed by atoms with van der Waals surface area (Å²) in [6, 6.07) is 8.71. The van der Waals surface area contributed by atoms with Gasteiger partial charge in [-0.25, -0.2) is 23.2 Å². The van der Waals surface area contributed by atoms with Crippen molar-refractivity contribution in [3.63, 3.8) is 0 Å². The Labute approximate surface area is 194 Å². The van der Waals surface area contributed by atoms with Gasteiger partial charge >= 0.3 is 6.03 Å². The molecule has 3 N–H and O–H groups in total. The van der Waals surface area contributed by atoms with Crippen LogP contribution in [0.5, 0.6) is 0 Å². The van der Waals surface area contributed by atoms with Gasteiger partial charge in [-0.3, -0.25) is 0 Å². The van der Waals surface area contributed by atoms with E-state index in [4.69, 9.17) is 14.7 Å². The minimum Gasteiger partial charge on any atom is -0.378 e. The van der Waals surface area contributed by atoms with Gasteiger partial charge in [0.2, 0.25) is 0 Å². The molecule has 0 bridgehead atoms. The maximum atomic E-state index is 13.2. The number of sulfone groups is 1. The van der Waals surface area contributed by atoms with Crippen molar-refractivity contribution in [3.8, 4) is 11.4 Å². The van der Waals surface area contributed by atoms with E-state index in [1.165, 1.54) is 0 Å². The molecule has 2 heterocycles. The molecule has 1 aromatic heterocycles. The zero-order chi connectivity index (χ0) is 23.5. The predicted octanol–water partition coefficient (Wildman–Crippen LogP) is 1.35. The average molecular weight is 475 g/mol. The molecule has 10 nitrogen and oxygen atoms in total. The molecule has 2 amide bonds. The summed E-state index contributed by atoms with van der Waals surface area (Å²) in [7, 11) is -0.0867. The Morgan fingerprint density at radius 3 is 2.42 bits per heavy atom. The highest BCUT2D eigenvalue weighted by atomic mass is 32.2. The SMILES string of the molecule is CNCCS(=O)(=O)C1(c2cc(N3CCOCC3)nc(-c3ccc(NC(=O)NC)cc3)n2)CC1. The van der Waals surface area contributed by atoms with Crippen LogP contribution in [0, 0.1) is 0 Å². The molecule has 2 aromatic rings. The Bertz CT molecular complexity index is 1100. The van der Waals surface area contributed by atoms with Crippen molar-refractivity contribution in [2.45, 2.75) is 17.6 Å². The summed E-state index contributed by atoms with van der Waals surface area (Å²) < 4.78 is 30.9. The fourth-order valence-electron chi connectivity index (χ4n) is 3.92. The van der Waals surface area contributed by atoms with Crippen molar-refractivity contribution in [2.75, 3.05) is 62.9 Å². The number of nitrogens with one attached hydrogen (secondary N) is 3. The maximum Gasteiger partial charge on any atom is 0.318 e. The monoisotopic (exact) mass is 474 g/mol. The molecule has 2 fully saturated rings. The van der Waals surface area contributed by atoms with E-state index in [0.717, 1.165) is 5.56 Å². The number of rotatable bonds is 8. The number of amides is 2. The average Bonchev–Trinajstić information content (AvgIpc) is 3.66. The molecule has 0 spiro atoms. The van der Waals surface area contributed by atoms with E-state index in [0.29, 0.717) is 68.7 Å². The molecule has 11 heteroatoms. The molecule has 0 radical (unpaired) electrons. The third-order valence-electron chi connectivity index (χ3n) is 6.06. The largest absolute Gasteiger partial charge is 0.378 e. The van der Waals surface area contributed by atoms with Crippen LogP contribution in [0.2, 0.25) is 0 Å². The fraction of sp³-hybridized carbons (Fsp3) is 0.500. The highest BCUT2D eigenvalue weighted by Gasteiger charge is 2.56. The van der Waals surface area contributed by atoms with Crippen molar-refractivity contribution in [1.82, 2.24) is 20.6 Å². The van der Waals surface area contributed by atoms with Gasteiger partial charge in [-0.2, -0.15) is 0 Å². The smallest absolute Gasteiger partial charge is 0.318 e. The van der Waals surface area contributed by atoms with Crippen LogP contribution in [0.1, 0.15) is 18.5 Å². The zero-order valence-electron chi connectivity index (χ0n) is 18.9. The van der Waals surface area contributed by atoms with E-state index in [2.05, 4.69) is 20.9 Å². The number of benzene rings is 1. The van der Waals surface area contributed by atoms with Crippen LogP contribution >= 0.6 is 0 Å². The lowest BCUT2D eigenvalue weighted by Crippen LogP contribution is -2.37. The molecule has 0 atom stereocenters. The highest BCUT2D eigenvalue weighted by Crippen LogP contribution is 2.53. The summed E-state index contributed by atoms with van der Waals surface area (Å²) in [6.45, 7) is 2.97. The van der Waals surface area contributed by atoms with Crippen molar-refractivity contribution >= 4 is 27.4 Å². The van der Waals surface area contributed by atoms with Gasteiger partial charge in [-0.15, -0.1) is 0 Å². The van der Waals surface area contributed by atoms with Crippen LogP contribution in [0.25, 0.3) is 11.4 Å². The zero-order valence-corrected chi connectivity index (χ0v) is 19.7. The van der Waals surface area contributed by atoms with E-state index < -0.39 is 14.6 Å². The van der Waals surface area contributed by atoms with Crippen molar-refractivity contribution in [3.05, 3.63) is 36.0 Å². The number of nitrogens with zero attached hydrogens (tertiary/aromatic N) is 3. The fourth-order valence-corrected chi connectivity index (χ4v) is 5.93. The van der Waals surface area contributed by atoms with Crippen LogP contribution < -0.4 is 20.9 Å². The molecule has 178 valence electrons. The van der Waals surface area contributed by atoms with Crippen LogP contribution in [0.3, 0.4) is 0 Å². The van der Waals surface area contributed by atoms with E-state index >= 15 is 0 Å². The van der Waals surface area contributed by atoms with Gasteiger partial charge < -0.3 is 25.6 Å². The van der Waals surface area contributed by atoms with Crippen LogP contribution in [0.15, 0.2) is 30.3 Å². The number of hydrogen-bond donors (Lipinski definition) is 3. The van der Waals surface area contributed by atoms with E-state index in [1.807, 2.05) is 18.2 Å². The van der Waals surface area contributed by atoms with Gasteiger partial charge in [0.25, 0.3) is 0 Å². The number of hydrogen-bond acceptors (Lipinski definition) is 8. The molecular weight excluding hydrogens is 444 g/mol. The third kappa shape index (κ3) is 4.94. The summed E-state index contributed by atoms with van der Waals surface area (Å²) in [5.41, 5.74) is 1.94. The van der Waals surface area contributed by atoms with Gasteiger partial charge in [0, 0.05) is 44.0 Å². The van der Waals surface area contributed by atoms with Gasteiger partial charge in [-0.1, -0.05) is 0 Å². The normalized spacial score (nSPS) is 17.5. The van der Waals surface area contributed by atoms with Gasteiger partial charge in [0.05, 0.1) is 24.7 Å². The maximum absolute atomic E-state index is 13.2. The molecule has 1 aliphatic heterocycles. The lowest BCUT2D eigenvalue weighted by Gasteiger charge is -2.29. The minimum absolute atomic E-state index is 0.0651. The first-order chi connectivity index (χ1) is 15.9. The summed E-state index contributed by atoms with van der Waals surface area (Å²) in [5.74, 6) is 1.24. The molecule has 1 aromatic carbocycles. The number of aromatic nitrogens is 2. The van der Waals surface area contributed by atoms with Gasteiger partial charge in [0.1, 0.15) is 10.6 Å². The van der Waals surface area contributed by atoms with Crippen molar-refractivity contribution in [1.29, 1.82) is 0 Å². The lowest BCUT2D eigenvalue weighted by atomic mass is 10.1. The number of urea groups is 1. The van der Waals surface area contributed by atoms with Gasteiger partial charge in [-0.05, 0) is 44.2 Å². The van der Waals surface area contributed by atoms with Gasteiger partial charge in [0.15, 0.2) is 15.7 Å². The Morgan fingerprint density at radius 2 is 1.82 bits per heavy atom. The lowest BCUT2D eigenvalue weighted by molar-refractivity contribution is 0.122. The third-order valence-corrected chi connectivity index (χ3v) is 8.61. The minimum atomic E-state index is -3.38. The highest BCUT2D eigenvalue weighted by molar-refractivity contribution is 7.92. The topological polar surface area (TPSA) is 126 Å². The number of carbonyl (C=O) groups is 1. The number of anilines is 2. The molecule has 4 rings (SSSR count). The summed E-state index contributed by atoms with van der Waals surface area (Å²) >= 11 is 0. The van der Waals surface area contributed by atoms with E-state index in [1.54, 1.807) is 26.2 Å². The standard InChI is InChI=1S/C22H30N6O4S/c1-23-9-14-33(30,31)22(7-8-22)18-15-19(28-10-12-32-13-11-28)27-20(26-18)16-3-5-17(6-4-16)25-21(29)24-2/h3-6,15,23H,7-14H2,1-2H3,(H2,24,25,29). The number of ether oxygens (including phenoxy) is 1. The molecule has 1 saturated carbocycles. The Hall–Kier alpha value is -2.76. The van der Waals surface area contributed by atoms with Crippen molar-refractivity contribution in [2.24, 2.45) is 0 Å². The van der Waals surface area contributed by atoms with Crippen LogP contribution in [0.4, 0.5) is 16.3 Å². The summed E-state index contributed by atoms with van der Waals surface area (Å²) in [5, 5.41) is 8.16. The Morgan fingerprint density at radius 1 is 1.12 bits per heavy atom. The predicted molar refractivity (Wildman–Crippen MR) is 127 cm³/mol. The first-order valence-corrected chi connectivity index (χ1v) is 12.7. The molecule has 2 aliphatic rings. The first kappa shape index (κ1) is 23.4. The second-order valence-electron chi connectivity index (χ2n) is 8.23. The number of carbonyl (C=O) groups excluding carboxylic acids is 1. The first-order valence-electron chi connectivity index (χ1n) is 11.1. The van der Waals surface area contributed by atoms with Crippen molar-refractivity contribution < 1.29 is 17.9 Å². The summed E-state index contributed by atoms with van der Waals surface area (Å²) in [6.07, 6.45) is 1.13. The summed E-state index contributed by atoms with van der Waals surface area (Å²) in [4.78, 5) is 23.2. The quantitative estimate of drug-likeness (QED) is 0.524. The molecular formula is C22H30N6O4S. The van der Waals surface area contributed by atoms with E-state index in [9.17, 15) is 13.2 Å². The number of morpholine rings is 1. The van der Waals surface area contributed by atoms with Crippen LogP contribution in [-0.2, 0) is 19.3 Å². The second-order valence-corrected chi connectivity index (χ2v) is 10.7. The molecule has 1 saturated heterocycles.